The van der Waals surface area contributed by atoms with Crippen molar-refractivity contribution in [3.8, 4) is 5.75 Å². The quantitative estimate of drug-likeness (QED) is 0.239. The first-order chi connectivity index (χ1) is 19.8. The number of aromatic hydroxyl groups is 1. The Labute approximate surface area is 243 Å². The third-order valence-corrected chi connectivity index (χ3v) is 8.57. The third-order valence-electron chi connectivity index (χ3n) is 8.57. The van der Waals surface area contributed by atoms with Crippen LogP contribution in [-0.2, 0) is 4.79 Å². The molecular weight excluding hydrogens is 557 g/mol. The number of unbranched alkanes of at least 4 members (excludes halogenated alkanes) is 1. The topological polar surface area (TPSA) is 64.1 Å². The van der Waals surface area contributed by atoms with Crippen molar-refractivity contribution in [1.29, 1.82) is 0 Å². The average Bonchev–Trinajstić information content (AvgIpc) is 3.47. The molecule has 0 spiro atoms. The largest absolute Gasteiger partial charge is 0.505 e. The van der Waals surface area contributed by atoms with Crippen molar-refractivity contribution in [3.05, 3.63) is 64.7 Å². The van der Waals surface area contributed by atoms with Crippen LogP contribution < -0.4 is 0 Å². The summed E-state index contributed by atoms with van der Waals surface area (Å²) in [4.78, 5) is 32.6. The molecule has 4 rings (SSSR count). The Morgan fingerprint density at radius 2 is 1.69 bits per heavy atom. The minimum absolute atomic E-state index is 0.0382. The average molecular weight is 596 g/mol. The van der Waals surface area contributed by atoms with Gasteiger partial charge in [-0.3, -0.25) is 14.5 Å². The lowest BCUT2D eigenvalue weighted by atomic mass is 9.66. The molecule has 0 aliphatic carbocycles. The summed E-state index contributed by atoms with van der Waals surface area (Å²) in [5.74, 6) is -8.67. The van der Waals surface area contributed by atoms with E-state index in [9.17, 15) is 19.1 Å². The van der Waals surface area contributed by atoms with Crippen molar-refractivity contribution < 1.29 is 36.6 Å². The number of hydrogen-bond donors (Lipinski definition) is 1. The number of alkyl halides is 3. The monoisotopic (exact) mass is 595 g/mol. The van der Waals surface area contributed by atoms with Crippen LogP contribution in [0.25, 0.3) is 0 Å². The molecule has 2 aliphatic heterocycles. The Morgan fingerprint density at radius 3 is 2.33 bits per heavy atom. The third kappa shape index (κ3) is 6.62. The van der Waals surface area contributed by atoms with E-state index in [2.05, 4.69) is 0 Å². The molecular formula is C31H38F5N3O3. The fourth-order valence-corrected chi connectivity index (χ4v) is 6.53. The van der Waals surface area contributed by atoms with E-state index in [-0.39, 0.29) is 30.8 Å². The second-order valence-corrected chi connectivity index (χ2v) is 11.6. The van der Waals surface area contributed by atoms with Crippen LogP contribution in [0.1, 0.15) is 53.1 Å². The van der Waals surface area contributed by atoms with E-state index in [1.807, 2.05) is 19.0 Å². The molecule has 2 aromatic rings. The lowest BCUT2D eigenvalue weighted by molar-refractivity contribution is -0.214. The molecule has 0 aromatic heterocycles. The number of halogens is 5. The zero-order chi connectivity index (χ0) is 30.8. The summed E-state index contributed by atoms with van der Waals surface area (Å²) < 4.78 is 75.2. The summed E-state index contributed by atoms with van der Waals surface area (Å²) in [6.45, 7) is 2.18. The van der Waals surface area contributed by atoms with Crippen molar-refractivity contribution in [2.75, 3.05) is 46.8 Å². The fraction of sp³-hybridized carbons (Fsp3) is 0.548. The first-order valence-electron chi connectivity index (χ1n) is 14.3. The second kappa shape index (κ2) is 13.1. The summed E-state index contributed by atoms with van der Waals surface area (Å²) in [6.07, 6.45) is -2.59. The fourth-order valence-electron chi connectivity index (χ4n) is 6.53. The molecule has 2 aromatic carbocycles. The highest BCUT2D eigenvalue weighted by Gasteiger charge is 2.60. The van der Waals surface area contributed by atoms with Gasteiger partial charge < -0.3 is 14.9 Å². The number of rotatable bonds is 9. The van der Waals surface area contributed by atoms with Gasteiger partial charge in [0.25, 0.3) is 0 Å². The van der Waals surface area contributed by atoms with Crippen molar-refractivity contribution in [2.24, 2.45) is 11.8 Å². The molecule has 2 aliphatic rings. The Morgan fingerprint density at radius 1 is 1.02 bits per heavy atom. The maximum absolute atomic E-state index is 15.1. The molecule has 2 heterocycles. The van der Waals surface area contributed by atoms with Gasteiger partial charge in [0.05, 0.1) is 11.5 Å². The number of Topliss-reactive ketones (excluding diaryl/α,β-unsaturated/α-hetero) is 1. The van der Waals surface area contributed by atoms with Gasteiger partial charge in [-0.05, 0) is 89.1 Å². The van der Waals surface area contributed by atoms with Crippen LogP contribution in [0.15, 0.2) is 36.4 Å². The Balaban J connectivity index is 1.90. The molecule has 42 heavy (non-hydrogen) atoms. The molecule has 0 unspecified atom stereocenters. The zero-order valence-electron chi connectivity index (χ0n) is 24.1. The number of piperidine rings is 1. The van der Waals surface area contributed by atoms with Crippen LogP contribution in [0.5, 0.6) is 5.75 Å². The van der Waals surface area contributed by atoms with Gasteiger partial charge >= 0.3 is 6.18 Å². The molecule has 0 bridgehead atoms. The van der Waals surface area contributed by atoms with Crippen LogP contribution in [0.3, 0.4) is 0 Å². The molecule has 4 atom stereocenters. The van der Waals surface area contributed by atoms with Gasteiger partial charge in [0.1, 0.15) is 11.9 Å². The minimum atomic E-state index is -4.84. The molecule has 230 valence electrons. The van der Waals surface area contributed by atoms with Crippen LogP contribution >= 0.6 is 0 Å². The number of likely N-dealkylation sites (tertiary alicyclic amines) is 2. The van der Waals surface area contributed by atoms with Crippen molar-refractivity contribution in [2.45, 2.75) is 50.7 Å². The maximum atomic E-state index is 15.1. The summed E-state index contributed by atoms with van der Waals surface area (Å²) >= 11 is 0. The SMILES string of the molecule is Cc1c(F)cccc1[C@H]1[C@H](C(=O)N2CCCC2)[C@@H](C(F)(F)F)N(CCCCN(C)C)C[C@@H]1C(=O)c1cccc(O)c1F. The number of phenols is 1. The number of phenolic OH excluding ortho intramolecular Hbond substituents is 1. The van der Waals surface area contributed by atoms with Gasteiger partial charge in [-0.25, -0.2) is 8.78 Å². The summed E-state index contributed by atoms with van der Waals surface area (Å²) in [6, 6.07) is 5.26. The van der Waals surface area contributed by atoms with Gasteiger partial charge in [0, 0.05) is 31.5 Å². The molecule has 0 radical (unpaired) electrons. The van der Waals surface area contributed by atoms with Crippen LogP contribution in [0, 0.1) is 30.4 Å². The maximum Gasteiger partial charge on any atom is 0.404 e. The molecule has 1 N–H and O–H groups in total. The number of hydrogen-bond acceptors (Lipinski definition) is 5. The van der Waals surface area contributed by atoms with Crippen LogP contribution in [0.4, 0.5) is 22.0 Å². The lowest BCUT2D eigenvalue weighted by Crippen LogP contribution is -2.63. The Bertz CT molecular complexity index is 1280. The Kier molecular flexibility index (Phi) is 9.92. The first-order valence-corrected chi connectivity index (χ1v) is 14.3. The summed E-state index contributed by atoms with van der Waals surface area (Å²) in [5.41, 5.74) is -0.325. The van der Waals surface area contributed by atoms with Gasteiger partial charge in [0.15, 0.2) is 17.3 Å². The molecule has 2 saturated heterocycles. The minimum Gasteiger partial charge on any atom is -0.505 e. The standard InChI is InChI=1S/C31H38F5N3O3/c1-19-20(10-8-12-23(19)32)25-22(28(41)21-11-9-13-24(40)27(21)33)18-39(17-5-4-14-37(2)3)29(31(34,35)36)26(25)30(42)38-15-6-7-16-38/h8-13,22,25-26,29,40H,4-7,14-18H2,1-3H3/t22-,25+,26-,29-/m0/s1. The van der Waals surface area contributed by atoms with Crippen molar-refractivity contribution in [3.63, 3.8) is 0 Å². The second-order valence-electron chi connectivity index (χ2n) is 11.6. The molecule has 1 amide bonds. The highest BCUT2D eigenvalue weighted by atomic mass is 19.4. The van der Waals surface area contributed by atoms with E-state index < -0.39 is 71.2 Å². The Hall–Kier alpha value is -3.05. The number of nitrogens with zero attached hydrogens (tertiary/aromatic N) is 3. The summed E-state index contributed by atoms with van der Waals surface area (Å²) in [5, 5.41) is 9.98. The first kappa shape index (κ1) is 31.9. The normalized spacial score (nSPS) is 23.5. The number of amides is 1. The van der Waals surface area contributed by atoms with Crippen molar-refractivity contribution >= 4 is 11.7 Å². The van der Waals surface area contributed by atoms with Crippen LogP contribution in [-0.4, -0.2) is 90.5 Å². The number of carbonyl (C=O) groups excluding carboxylic acids is 2. The van der Waals surface area contributed by atoms with E-state index in [1.165, 1.54) is 42.2 Å². The van der Waals surface area contributed by atoms with E-state index in [4.69, 9.17) is 0 Å². The number of ketones is 1. The molecule has 11 heteroatoms. The van der Waals surface area contributed by atoms with Gasteiger partial charge in [-0.1, -0.05) is 18.2 Å². The predicted octanol–water partition coefficient (Wildman–Crippen LogP) is 5.39. The van der Waals surface area contributed by atoms with Gasteiger partial charge in [-0.15, -0.1) is 0 Å². The highest BCUT2D eigenvalue weighted by molar-refractivity contribution is 6.00. The molecule has 0 saturated carbocycles. The predicted molar refractivity (Wildman–Crippen MR) is 148 cm³/mol. The highest BCUT2D eigenvalue weighted by Crippen LogP contribution is 2.49. The van der Waals surface area contributed by atoms with E-state index >= 15 is 17.6 Å². The van der Waals surface area contributed by atoms with Crippen molar-refractivity contribution in [1.82, 2.24) is 14.7 Å². The van der Waals surface area contributed by atoms with E-state index in [0.717, 1.165) is 11.0 Å². The van der Waals surface area contributed by atoms with Gasteiger partial charge in [0.2, 0.25) is 5.91 Å². The number of benzene rings is 2. The van der Waals surface area contributed by atoms with Crippen LogP contribution in [0.2, 0.25) is 0 Å². The zero-order valence-corrected chi connectivity index (χ0v) is 24.1. The summed E-state index contributed by atoms with van der Waals surface area (Å²) in [7, 11) is 3.71. The van der Waals surface area contributed by atoms with E-state index in [0.29, 0.717) is 32.2 Å². The lowest BCUT2D eigenvalue weighted by Gasteiger charge is -2.50. The molecule has 6 nitrogen and oxygen atoms in total. The number of carbonyl (C=O) groups is 2. The van der Waals surface area contributed by atoms with E-state index in [1.54, 1.807) is 0 Å². The smallest absolute Gasteiger partial charge is 0.404 e. The van der Waals surface area contributed by atoms with Gasteiger partial charge in [-0.2, -0.15) is 13.2 Å². The molecule has 2 fully saturated rings.